The molecule has 0 aliphatic carbocycles. The summed E-state index contributed by atoms with van der Waals surface area (Å²) < 4.78 is 1.93. The van der Waals surface area contributed by atoms with E-state index in [1.54, 1.807) is 12.3 Å². The molecule has 3 heteroatoms. The Kier molecular flexibility index (Phi) is 4.65. The van der Waals surface area contributed by atoms with Crippen LogP contribution in [0, 0.1) is 0 Å². The smallest absolute Gasteiger partial charge is 0.172 e. The highest BCUT2D eigenvalue weighted by Crippen LogP contribution is 2.22. The zero-order valence-corrected chi connectivity index (χ0v) is 13.7. The van der Waals surface area contributed by atoms with Gasteiger partial charge in [0, 0.05) is 30.1 Å². The van der Waals surface area contributed by atoms with E-state index < -0.39 is 0 Å². The van der Waals surface area contributed by atoms with Crippen LogP contribution >= 0.6 is 0 Å². The second kappa shape index (κ2) is 6.30. The van der Waals surface area contributed by atoms with Gasteiger partial charge in [-0.05, 0) is 24.0 Å². The Hall–Kier alpha value is -2.16. The number of ketones is 2. The molecule has 2 aromatic rings. The number of carbonyl (C=O) groups is 2. The third-order valence-electron chi connectivity index (χ3n) is 3.83. The van der Waals surface area contributed by atoms with Gasteiger partial charge in [0.25, 0.3) is 0 Å². The fourth-order valence-corrected chi connectivity index (χ4v) is 2.31. The molecule has 0 amide bonds. The summed E-state index contributed by atoms with van der Waals surface area (Å²) in [5, 5.41) is 0. The lowest BCUT2D eigenvalue weighted by Crippen LogP contribution is -2.12. The minimum atomic E-state index is -0.130. The Bertz CT molecular complexity index is 672. The third-order valence-corrected chi connectivity index (χ3v) is 3.83. The second-order valence-electron chi connectivity index (χ2n) is 6.58. The third kappa shape index (κ3) is 3.73. The van der Waals surface area contributed by atoms with Crippen LogP contribution in [0.1, 0.15) is 60.4 Å². The van der Waals surface area contributed by atoms with Gasteiger partial charge in [0.15, 0.2) is 11.6 Å². The number of hydrogen-bond donors (Lipinski definition) is 0. The second-order valence-corrected chi connectivity index (χ2v) is 6.58. The molecule has 116 valence electrons. The summed E-state index contributed by atoms with van der Waals surface area (Å²) in [5.74, 6) is -0.258. The maximum atomic E-state index is 12.2. The molecule has 0 N–H and O–H groups in total. The Labute approximate surface area is 132 Å². The monoisotopic (exact) mass is 297 g/mol. The number of aryl methyl sites for hydroxylation is 1. The van der Waals surface area contributed by atoms with Crippen molar-refractivity contribution >= 4 is 11.6 Å². The molecule has 2 rings (SSSR count). The minimum Gasteiger partial charge on any atom is -0.354 e. The van der Waals surface area contributed by atoms with Gasteiger partial charge in [-0.25, -0.2) is 0 Å². The molecule has 1 heterocycles. The van der Waals surface area contributed by atoms with Gasteiger partial charge in [-0.2, -0.15) is 0 Å². The number of Topliss-reactive ketones (excluding diaryl/α,β-unsaturated/α-hetero) is 2. The van der Waals surface area contributed by atoms with E-state index in [2.05, 4.69) is 20.8 Å². The van der Waals surface area contributed by atoms with Crippen molar-refractivity contribution in [2.45, 2.75) is 46.1 Å². The fraction of sp³-hybridized carbons (Fsp3) is 0.368. The molecule has 0 spiro atoms. The zero-order valence-electron chi connectivity index (χ0n) is 13.7. The average Bonchev–Trinajstić information content (AvgIpc) is 2.95. The summed E-state index contributed by atoms with van der Waals surface area (Å²) in [7, 11) is 0. The van der Waals surface area contributed by atoms with Crippen LogP contribution in [0.5, 0.6) is 0 Å². The molecule has 0 saturated heterocycles. The Morgan fingerprint density at radius 1 is 0.955 bits per heavy atom. The van der Waals surface area contributed by atoms with Crippen LogP contribution in [0.25, 0.3) is 0 Å². The molecule has 1 aromatic heterocycles. The Morgan fingerprint density at radius 2 is 1.55 bits per heavy atom. The lowest BCUT2D eigenvalue weighted by Gasteiger charge is -2.18. The van der Waals surface area contributed by atoms with Crippen molar-refractivity contribution in [2.75, 3.05) is 0 Å². The molecule has 0 aliphatic heterocycles. The molecule has 0 bridgehead atoms. The first-order chi connectivity index (χ1) is 10.3. The van der Waals surface area contributed by atoms with Crippen molar-refractivity contribution in [3.63, 3.8) is 0 Å². The van der Waals surface area contributed by atoms with E-state index in [-0.39, 0.29) is 23.4 Å². The van der Waals surface area contributed by atoms with Gasteiger partial charge in [-0.15, -0.1) is 0 Å². The van der Waals surface area contributed by atoms with Crippen LogP contribution in [0.4, 0.5) is 0 Å². The Morgan fingerprint density at radius 3 is 2.05 bits per heavy atom. The summed E-state index contributed by atoms with van der Waals surface area (Å²) in [5.41, 5.74) is 2.42. The van der Waals surface area contributed by atoms with Gasteiger partial charge in [0.05, 0.1) is 6.42 Å². The molecule has 3 nitrogen and oxygen atoms in total. The first kappa shape index (κ1) is 16.2. The molecule has 0 saturated carbocycles. The van der Waals surface area contributed by atoms with E-state index in [1.165, 1.54) is 5.56 Å². The van der Waals surface area contributed by atoms with Crippen molar-refractivity contribution in [3.05, 3.63) is 59.4 Å². The van der Waals surface area contributed by atoms with Crippen LogP contribution < -0.4 is 0 Å². The van der Waals surface area contributed by atoms with E-state index in [0.29, 0.717) is 11.1 Å². The number of benzene rings is 1. The van der Waals surface area contributed by atoms with E-state index in [9.17, 15) is 9.59 Å². The molecule has 0 radical (unpaired) electrons. The van der Waals surface area contributed by atoms with Crippen molar-refractivity contribution < 1.29 is 9.59 Å². The summed E-state index contributed by atoms with van der Waals surface area (Å²) in [4.78, 5) is 24.4. The van der Waals surface area contributed by atoms with E-state index in [1.807, 2.05) is 42.0 Å². The minimum absolute atomic E-state index is 0.0560. The number of rotatable bonds is 5. The maximum absolute atomic E-state index is 12.2. The Balaban J connectivity index is 2.07. The number of carbonyl (C=O) groups excluding carboxylic acids is 2. The first-order valence-corrected chi connectivity index (χ1v) is 7.64. The molecular weight excluding hydrogens is 274 g/mol. The van der Waals surface area contributed by atoms with Crippen LogP contribution in [0.15, 0.2) is 42.7 Å². The largest absolute Gasteiger partial charge is 0.354 e. The summed E-state index contributed by atoms with van der Waals surface area (Å²) >= 11 is 0. The van der Waals surface area contributed by atoms with Crippen LogP contribution in [0.2, 0.25) is 0 Å². The van der Waals surface area contributed by atoms with Crippen LogP contribution in [-0.2, 0) is 12.0 Å². The lowest BCUT2D eigenvalue weighted by atomic mass is 9.86. The predicted molar refractivity (Wildman–Crippen MR) is 88.5 cm³/mol. The van der Waals surface area contributed by atoms with E-state index in [0.717, 1.165) is 6.54 Å². The van der Waals surface area contributed by atoms with Crippen LogP contribution in [0.3, 0.4) is 0 Å². The number of nitrogens with zero attached hydrogens (tertiary/aromatic N) is 1. The quantitative estimate of drug-likeness (QED) is 0.611. The highest BCUT2D eigenvalue weighted by molar-refractivity contribution is 6.13. The van der Waals surface area contributed by atoms with Gasteiger partial charge in [0.1, 0.15) is 0 Å². The van der Waals surface area contributed by atoms with Crippen molar-refractivity contribution in [1.29, 1.82) is 0 Å². The van der Waals surface area contributed by atoms with Crippen LogP contribution in [-0.4, -0.2) is 16.1 Å². The lowest BCUT2D eigenvalue weighted by molar-refractivity contribution is 0.0894. The maximum Gasteiger partial charge on any atom is 0.172 e. The number of hydrogen-bond acceptors (Lipinski definition) is 2. The standard InChI is InChI=1S/C19H23NO2/c1-5-20-11-10-15(13-20)18(22)12-17(21)14-6-8-16(9-7-14)19(2,3)4/h6-11,13H,5,12H2,1-4H3. The molecule has 0 aliphatic rings. The zero-order chi connectivity index (χ0) is 16.3. The predicted octanol–water partition coefficient (Wildman–Crippen LogP) is 4.26. The molecule has 0 unspecified atom stereocenters. The van der Waals surface area contributed by atoms with Gasteiger partial charge in [-0.3, -0.25) is 9.59 Å². The highest BCUT2D eigenvalue weighted by atomic mass is 16.1. The molecule has 0 fully saturated rings. The SMILES string of the molecule is CCn1ccc(C(=O)CC(=O)c2ccc(C(C)(C)C)cc2)c1. The summed E-state index contributed by atoms with van der Waals surface area (Å²) in [6.45, 7) is 9.22. The molecule has 1 aromatic carbocycles. The van der Waals surface area contributed by atoms with Gasteiger partial charge >= 0.3 is 0 Å². The normalized spacial score (nSPS) is 11.5. The van der Waals surface area contributed by atoms with Gasteiger partial charge in [-0.1, -0.05) is 45.0 Å². The van der Waals surface area contributed by atoms with Gasteiger partial charge in [0.2, 0.25) is 0 Å². The summed E-state index contributed by atoms with van der Waals surface area (Å²) in [6, 6.07) is 9.32. The highest BCUT2D eigenvalue weighted by Gasteiger charge is 2.17. The van der Waals surface area contributed by atoms with E-state index >= 15 is 0 Å². The summed E-state index contributed by atoms with van der Waals surface area (Å²) in [6.07, 6.45) is 3.57. The van der Waals surface area contributed by atoms with Crippen molar-refractivity contribution in [3.8, 4) is 0 Å². The van der Waals surface area contributed by atoms with E-state index in [4.69, 9.17) is 0 Å². The molecule has 0 atom stereocenters. The van der Waals surface area contributed by atoms with Crippen molar-refractivity contribution in [2.24, 2.45) is 0 Å². The average molecular weight is 297 g/mol. The molecule has 22 heavy (non-hydrogen) atoms. The topological polar surface area (TPSA) is 39.1 Å². The van der Waals surface area contributed by atoms with Crippen molar-refractivity contribution in [1.82, 2.24) is 4.57 Å². The first-order valence-electron chi connectivity index (χ1n) is 7.64. The fourth-order valence-electron chi connectivity index (χ4n) is 2.31. The number of aromatic nitrogens is 1. The van der Waals surface area contributed by atoms with Gasteiger partial charge < -0.3 is 4.57 Å². The molecular formula is C19H23NO2.